The van der Waals surface area contributed by atoms with E-state index in [4.69, 9.17) is 4.74 Å². The van der Waals surface area contributed by atoms with Crippen LogP contribution in [0.15, 0.2) is 48.5 Å². The maximum Gasteiger partial charge on any atom is 0.177 e. The Labute approximate surface area is 123 Å². The lowest BCUT2D eigenvalue weighted by Gasteiger charge is -2.06. The van der Waals surface area contributed by atoms with Gasteiger partial charge < -0.3 is 9.84 Å². The van der Waals surface area contributed by atoms with Crippen molar-refractivity contribution < 1.29 is 19.4 Å². The fourth-order valence-electron chi connectivity index (χ4n) is 1.83. The number of Topliss-reactive ketones (excluding diaryl/α,β-unsaturated/α-hetero) is 2. The highest BCUT2D eigenvalue weighted by Gasteiger charge is 2.15. The Balaban J connectivity index is 1.89. The lowest BCUT2D eigenvalue weighted by Crippen LogP contribution is -2.16. The Hall–Kier alpha value is -2.62. The van der Waals surface area contributed by atoms with Crippen molar-refractivity contribution in [1.82, 2.24) is 0 Å². The van der Waals surface area contributed by atoms with Gasteiger partial charge in [-0.3, -0.25) is 9.59 Å². The fourth-order valence-corrected chi connectivity index (χ4v) is 1.83. The predicted molar refractivity (Wildman–Crippen MR) is 78.7 cm³/mol. The number of ether oxygens (including phenoxy) is 1. The van der Waals surface area contributed by atoms with Gasteiger partial charge in [0.2, 0.25) is 0 Å². The van der Waals surface area contributed by atoms with Crippen LogP contribution in [0.5, 0.6) is 11.5 Å². The van der Waals surface area contributed by atoms with Gasteiger partial charge in [0.05, 0.1) is 12.0 Å². The van der Waals surface area contributed by atoms with E-state index in [0.29, 0.717) is 5.75 Å². The Bertz CT molecular complexity index is 644. The van der Waals surface area contributed by atoms with Crippen LogP contribution < -0.4 is 4.74 Å². The van der Waals surface area contributed by atoms with Crippen LogP contribution in [0.2, 0.25) is 0 Å². The van der Waals surface area contributed by atoms with E-state index in [2.05, 4.69) is 0 Å². The smallest absolute Gasteiger partial charge is 0.177 e. The van der Waals surface area contributed by atoms with Crippen LogP contribution in [0.4, 0.5) is 0 Å². The molecule has 2 rings (SSSR count). The molecule has 21 heavy (non-hydrogen) atoms. The molecule has 0 radical (unpaired) electrons. The number of hydrogen-bond acceptors (Lipinski definition) is 4. The highest BCUT2D eigenvalue weighted by Crippen LogP contribution is 2.17. The maximum atomic E-state index is 11.9. The number of carbonyl (C=O) groups excluding carboxylic acids is 2. The summed E-state index contributed by atoms with van der Waals surface area (Å²) < 4.78 is 5.33. The number of rotatable bonds is 6. The van der Waals surface area contributed by atoms with Gasteiger partial charge in [0.25, 0.3) is 0 Å². The third-order valence-corrected chi connectivity index (χ3v) is 2.98. The van der Waals surface area contributed by atoms with E-state index < -0.39 is 5.78 Å². The number of ketones is 2. The molecule has 0 heterocycles. The van der Waals surface area contributed by atoms with Gasteiger partial charge in [-0.15, -0.1) is 0 Å². The third kappa shape index (κ3) is 4.18. The molecular formula is C17H16O4. The average molecular weight is 284 g/mol. The largest absolute Gasteiger partial charge is 0.507 e. The number of aryl methyl sites for hydroxylation is 1. The Kier molecular flexibility index (Phi) is 4.72. The van der Waals surface area contributed by atoms with Gasteiger partial charge in [-0.1, -0.05) is 29.8 Å². The quantitative estimate of drug-likeness (QED) is 0.654. The van der Waals surface area contributed by atoms with Crippen LogP contribution in [0.25, 0.3) is 0 Å². The van der Waals surface area contributed by atoms with E-state index >= 15 is 0 Å². The molecule has 108 valence electrons. The van der Waals surface area contributed by atoms with E-state index in [9.17, 15) is 14.7 Å². The minimum atomic E-state index is -0.411. The zero-order valence-corrected chi connectivity index (χ0v) is 11.7. The van der Waals surface area contributed by atoms with Gasteiger partial charge >= 0.3 is 0 Å². The summed E-state index contributed by atoms with van der Waals surface area (Å²) >= 11 is 0. The number of phenols is 1. The summed E-state index contributed by atoms with van der Waals surface area (Å²) in [6, 6.07) is 13.5. The third-order valence-electron chi connectivity index (χ3n) is 2.98. The van der Waals surface area contributed by atoms with Gasteiger partial charge in [0.15, 0.2) is 11.6 Å². The summed E-state index contributed by atoms with van der Waals surface area (Å²) in [7, 11) is 0. The first-order chi connectivity index (χ1) is 10.1. The second kappa shape index (κ2) is 6.70. The molecule has 2 aromatic carbocycles. The molecular weight excluding hydrogens is 268 g/mol. The van der Waals surface area contributed by atoms with E-state index in [1.165, 1.54) is 12.1 Å². The summed E-state index contributed by atoms with van der Waals surface area (Å²) in [6.07, 6.45) is -0.288. The molecule has 0 aliphatic heterocycles. The van der Waals surface area contributed by atoms with Crippen LogP contribution >= 0.6 is 0 Å². The summed E-state index contributed by atoms with van der Waals surface area (Å²) in [5.41, 5.74) is 1.25. The van der Waals surface area contributed by atoms with Gasteiger partial charge in [0, 0.05) is 0 Å². The Morgan fingerprint density at radius 1 is 1.05 bits per heavy atom. The first-order valence-electron chi connectivity index (χ1n) is 6.58. The first-order valence-corrected chi connectivity index (χ1v) is 6.58. The van der Waals surface area contributed by atoms with Gasteiger partial charge in [-0.2, -0.15) is 0 Å². The van der Waals surface area contributed by atoms with Crippen molar-refractivity contribution in [2.45, 2.75) is 13.3 Å². The van der Waals surface area contributed by atoms with Gasteiger partial charge in [-0.05, 0) is 31.2 Å². The van der Waals surface area contributed by atoms with Crippen LogP contribution in [-0.4, -0.2) is 23.3 Å². The molecule has 0 aliphatic carbocycles. The van der Waals surface area contributed by atoms with Crippen molar-refractivity contribution in [2.75, 3.05) is 6.61 Å². The van der Waals surface area contributed by atoms with Gasteiger partial charge in [-0.25, -0.2) is 0 Å². The van der Waals surface area contributed by atoms with Crippen LogP contribution in [0.1, 0.15) is 22.3 Å². The standard InChI is InChI=1S/C17H16O4/c1-12-6-8-14(9-7-12)21-11-13(18)10-17(20)15-4-2-3-5-16(15)19/h2-9,19H,10-11H2,1H3. The predicted octanol–water partition coefficient (Wildman–Crippen LogP) is 2.92. The number of para-hydroxylation sites is 1. The van der Waals surface area contributed by atoms with Crippen molar-refractivity contribution in [1.29, 1.82) is 0 Å². The van der Waals surface area contributed by atoms with Crippen LogP contribution in [-0.2, 0) is 4.79 Å². The number of hydrogen-bond donors (Lipinski definition) is 1. The SMILES string of the molecule is Cc1ccc(OCC(=O)CC(=O)c2ccccc2O)cc1. The van der Waals surface area contributed by atoms with Gasteiger partial charge in [0.1, 0.15) is 18.1 Å². The lowest BCUT2D eigenvalue weighted by atomic mass is 10.1. The molecule has 2 aromatic rings. The summed E-state index contributed by atoms with van der Waals surface area (Å²) in [5, 5.41) is 9.56. The molecule has 0 saturated heterocycles. The monoisotopic (exact) mass is 284 g/mol. The van der Waals surface area contributed by atoms with Crippen molar-refractivity contribution in [3.05, 3.63) is 59.7 Å². The summed E-state index contributed by atoms with van der Waals surface area (Å²) in [5.74, 6) is -0.270. The molecule has 0 bridgehead atoms. The molecule has 0 saturated carbocycles. The minimum Gasteiger partial charge on any atom is -0.507 e. The van der Waals surface area contributed by atoms with Crippen molar-refractivity contribution in [2.24, 2.45) is 0 Å². The number of aromatic hydroxyl groups is 1. The van der Waals surface area contributed by atoms with Crippen LogP contribution in [0.3, 0.4) is 0 Å². The van der Waals surface area contributed by atoms with Crippen molar-refractivity contribution in [3.63, 3.8) is 0 Å². The summed E-state index contributed by atoms with van der Waals surface area (Å²) in [6.45, 7) is 1.79. The Morgan fingerprint density at radius 2 is 1.71 bits per heavy atom. The van der Waals surface area contributed by atoms with Crippen molar-refractivity contribution >= 4 is 11.6 Å². The van der Waals surface area contributed by atoms with Crippen LogP contribution in [0, 0.1) is 6.92 Å². The molecule has 0 amide bonds. The minimum absolute atomic E-state index is 0.116. The molecule has 0 atom stereocenters. The number of phenolic OH excluding ortho intramolecular Hbond substituents is 1. The molecule has 0 unspecified atom stereocenters. The zero-order chi connectivity index (χ0) is 15.2. The molecule has 4 nitrogen and oxygen atoms in total. The Morgan fingerprint density at radius 3 is 2.38 bits per heavy atom. The van der Waals surface area contributed by atoms with E-state index in [1.54, 1.807) is 24.3 Å². The normalized spacial score (nSPS) is 10.1. The molecule has 0 aliphatic rings. The second-order valence-corrected chi connectivity index (χ2v) is 4.76. The van der Waals surface area contributed by atoms with E-state index in [-0.39, 0.29) is 30.1 Å². The molecule has 0 aromatic heterocycles. The van der Waals surface area contributed by atoms with Crippen molar-refractivity contribution in [3.8, 4) is 11.5 Å². The fraction of sp³-hybridized carbons (Fsp3) is 0.176. The zero-order valence-electron chi connectivity index (χ0n) is 11.7. The highest BCUT2D eigenvalue weighted by molar-refractivity contribution is 6.09. The van der Waals surface area contributed by atoms with E-state index in [1.807, 2.05) is 19.1 Å². The lowest BCUT2D eigenvalue weighted by molar-refractivity contribution is -0.120. The van der Waals surface area contributed by atoms with E-state index in [0.717, 1.165) is 5.56 Å². The molecule has 1 N–H and O–H groups in total. The molecule has 0 spiro atoms. The maximum absolute atomic E-state index is 11.9. The molecule has 0 fully saturated rings. The first kappa shape index (κ1) is 14.8. The summed E-state index contributed by atoms with van der Waals surface area (Å²) in [4.78, 5) is 23.6. The average Bonchev–Trinajstić information content (AvgIpc) is 2.47. The highest BCUT2D eigenvalue weighted by atomic mass is 16.5. The topological polar surface area (TPSA) is 63.6 Å². The number of benzene rings is 2. The molecule has 4 heteroatoms. The number of carbonyl (C=O) groups is 2. The second-order valence-electron chi connectivity index (χ2n) is 4.76.